The Morgan fingerprint density at radius 1 is 1.27 bits per heavy atom. The Kier molecular flexibility index (Phi) is 4.66. The van der Waals surface area contributed by atoms with E-state index in [1.165, 1.54) is 6.07 Å². The largest absolute Gasteiger partial charge is 0.486 e. The third-order valence-electron chi connectivity index (χ3n) is 3.89. The third kappa shape index (κ3) is 3.43. The summed E-state index contributed by atoms with van der Waals surface area (Å²) >= 11 is 5.99. The maximum absolute atomic E-state index is 11.4. The first-order chi connectivity index (χ1) is 10.6. The lowest BCUT2D eigenvalue weighted by Gasteiger charge is -2.29. The number of amides is 1. The van der Waals surface area contributed by atoms with Crippen LogP contribution in [0.3, 0.4) is 0 Å². The second-order valence-corrected chi connectivity index (χ2v) is 5.85. The zero-order valence-corrected chi connectivity index (χ0v) is 12.9. The number of primary amides is 1. The monoisotopic (exact) mass is 326 g/mol. The Balaban J connectivity index is 1.73. The van der Waals surface area contributed by atoms with E-state index in [0.717, 1.165) is 25.9 Å². The van der Waals surface area contributed by atoms with E-state index in [-0.39, 0.29) is 10.7 Å². The van der Waals surface area contributed by atoms with Crippen LogP contribution < -0.4 is 25.8 Å². The van der Waals surface area contributed by atoms with Crippen molar-refractivity contribution in [3.63, 3.8) is 0 Å². The number of nitrogens with one attached hydrogen (secondary N) is 2. The highest BCUT2D eigenvalue weighted by Crippen LogP contribution is 2.30. The second-order valence-electron chi connectivity index (χ2n) is 5.50. The van der Waals surface area contributed by atoms with E-state index in [4.69, 9.17) is 26.8 Å². The number of rotatable bonds is 7. The topological polar surface area (TPSA) is 98.5 Å². The van der Waals surface area contributed by atoms with Crippen LogP contribution in [0.15, 0.2) is 6.07 Å². The summed E-state index contributed by atoms with van der Waals surface area (Å²) in [7, 11) is 0. The van der Waals surface area contributed by atoms with Crippen molar-refractivity contribution in [2.45, 2.75) is 24.9 Å². The van der Waals surface area contributed by atoms with E-state index < -0.39 is 5.91 Å². The molecule has 3 rings (SSSR count). The summed E-state index contributed by atoms with van der Waals surface area (Å²) in [5.41, 5.74) is 5.43. The molecule has 7 nitrogen and oxygen atoms in total. The maximum Gasteiger partial charge on any atom is 0.258 e. The molecule has 0 aliphatic carbocycles. The summed E-state index contributed by atoms with van der Waals surface area (Å²) in [4.78, 5) is 15.5. The van der Waals surface area contributed by atoms with Gasteiger partial charge in [0.25, 0.3) is 11.8 Å². The van der Waals surface area contributed by atoms with Gasteiger partial charge in [0.15, 0.2) is 5.75 Å². The molecule has 1 aromatic rings. The fraction of sp³-hybridized carbons (Fsp3) is 0.571. The van der Waals surface area contributed by atoms with Crippen LogP contribution in [0, 0.1) is 0 Å². The molecule has 0 bridgehead atoms. The molecule has 0 unspecified atom stereocenters. The molecular weight excluding hydrogens is 308 g/mol. The van der Waals surface area contributed by atoms with Crippen LogP contribution in [-0.2, 0) is 0 Å². The zero-order valence-electron chi connectivity index (χ0n) is 12.1. The molecule has 3 heterocycles. The molecule has 1 amide bonds. The molecule has 2 fully saturated rings. The summed E-state index contributed by atoms with van der Waals surface area (Å²) < 4.78 is 11.4. The highest BCUT2D eigenvalue weighted by molar-refractivity contribution is 6.32. The maximum atomic E-state index is 11.4. The van der Waals surface area contributed by atoms with Crippen LogP contribution in [0.2, 0.25) is 5.15 Å². The average molecular weight is 327 g/mol. The molecule has 2 atom stereocenters. The molecule has 0 radical (unpaired) electrons. The normalized spacial score (nSPS) is 23.3. The Morgan fingerprint density at radius 3 is 2.36 bits per heavy atom. The molecule has 4 N–H and O–H groups in total. The van der Waals surface area contributed by atoms with Crippen molar-refractivity contribution in [1.29, 1.82) is 0 Å². The first-order valence-electron chi connectivity index (χ1n) is 7.36. The fourth-order valence-electron chi connectivity index (χ4n) is 2.19. The molecule has 0 saturated carbocycles. The van der Waals surface area contributed by atoms with E-state index in [9.17, 15) is 4.79 Å². The van der Waals surface area contributed by atoms with Crippen LogP contribution in [0.25, 0.3) is 0 Å². The van der Waals surface area contributed by atoms with Crippen molar-refractivity contribution >= 4 is 17.5 Å². The average Bonchev–Trinajstić information content (AvgIpc) is 2.36. The van der Waals surface area contributed by atoms with Gasteiger partial charge in [-0.15, -0.1) is 0 Å². The standard InChI is InChI=1S/C14H19ClN4O3/c15-12-10(13(16)20)5-11(21-6-8-1-3-17-8)14(19-12)22-7-9-2-4-18-9/h5,8-9,17-18H,1-4,6-7H2,(H2,16,20)/t8-,9-/m1/s1. The molecule has 2 aliphatic rings. The van der Waals surface area contributed by atoms with E-state index in [1.807, 2.05) is 0 Å². The summed E-state index contributed by atoms with van der Waals surface area (Å²) in [6.07, 6.45) is 2.13. The molecule has 8 heteroatoms. The van der Waals surface area contributed by atoms with Crippen molar-refractivity contribution in [1.82, 2.24) is 15.6 Å². The highest BCUT2D eigenvalue weighted by atomic mass is 35.5. The Bertz CT molecular complexity index is 561. The predicted octanol–water partition coefficient (Wildman–Crippen LogP) is 0.315. The van der Waals surface area contributed by atoms with E-state index in [1.54, 1.807) is 0 Å². The Morgan fingerprint density at radius 2 is 1.86 bits per heavy atom. The lowest BCUT2D eigenvalue weighted by molar-refractivity contribution is 0.0999. The lowest BCUT2D eigenvalue weighted by Crippen LogP contribution is -2.47. The van der Waals surface area contributed by atoms with E-state index in [2.05, 4.69) is 15.6 Å². The van der Waals surface area contributed by atoms with Crippen LogP contribution in [0.1, 0.15) is 23.2 Å². The van der Waals surface area contributed by atoms with Gasteiger partial charge >= 0.3 is 0 Å². The molecule has 0 aromatic carbocycles. The minimum Gasteiger partial charge on any atom is -0.486 e. The quantitative estimate of drug-likeness (QED) is 0.624. The molecule has 2 saturated heterocycles. The highest BCUT2D eigenvalue weighted by Gasteiger charge is 2.22. The molecule has 22 heavy (non-hydrogen) atoms. The Hall–Kier alpha value is -1.57. The summed E-state index contributed by atoms with van der Waals surface area (Å²) in [5.74, 6) is 0.0468. The van der Waals surface area contributed by atoms with Crippen molar-refractivity contribution in [2.75, 3.05) is 26.3 Å². The van der Waals surface area contributed by atoms with Crippen LogP contribution in [-0.4, -0.2) is 49.3 Å². The molecule has 1 aromatic heterocycles. The van der Waals surface area contributed by atoms with Crippen molar-refractivity contribution in [2.24, 2.45) is 5.73 Å². The van der Waals surface area contributed by atoms with Gasteiger partial charge in [0.05, 0.1) is 5.56 Å². The number of hydrogen-bond acceptors (Lipinski definition) is 6. The van der Waals surface area contributed by atoms with Crippen molar-refractivity contribution in [3.8, 4) is 11.6 Å². The van der Waals surface area contributed by atoms with E-state index >= 15 is 0 Å². The number of carbonyl (C=O) groups is 1. The van der Waals surface area contributed by atoms with Gasteiger partial charge in [0.1, 0.15) is 18.4 Å². The summed E-state index contributed by atoms with van der Waals surface area (Å²) in [5, 5.41) is 6.50. The first kappa shape index (κ1) is 15.3. The minimum atomic E-state index is -0.642. The predicted molar refractivity (Wildman–Crippen MR) is 81.6 cm³/mol. The minimum absolute atomic E-state index is 0.0261. The van der Waals surface area contributed by atoms with Gasteiger partial charge in [0, 0.05) is 18.2 Å². The van der Waals surface area contributed by atoms with E-state index in [0.29, 0.717) is 36.9 Å². The molecule has 0 spiro atoms. The lowest BCUT2D eigenvalue weighted by atomic mass is 10.1. The second kappa shape index (κ2) is 6.68. The number of ether oxygens (including phenoxy) is 2. The summed E-state index contributed by atoms with van der Waals surface area (Å²) in [6.45, 7) is 2.96. The first-order valence-corrected chi connectivity index (χ1v) is 7.74. The van der Waals surface area contributed by atoms with Gasteiger partial charge in [0.2, 0.25) is 0 Å². The number of aromatic nitrogens is 1. The van der Waals surface area contributed by atoms with Gasteiger partial charge in [-0.05, 0) is 25.9 Å². The fourth-order valence-corrected chi connectivity index (χ4v) is 2.41. The number of nitrogens with two attached hydrogens (primary N) is 1. The zero-order chi connectivity index (χ0) is 15.5. The number of pyridine rings is 1. The van der Waals surface area contributed by atoms with Gasteiger partial charge in [-0.1, -0.05) is 11.6 Å². The van der Waals surface area contributed by atoms with Crippen LogP contribution in [0.5, 0.6) is 11.6 Å². The Labute approximate surface area is 133 Å². The smallest absolute Gasteiger partial charge is 0.258 e. The van der Waals surface area contributed by atoms with Crippen molar-refractivity contribution in [3.05, 3.63) is 16.8 Å². The third-order valence-corrected chi connectivity index (χ3v) is 4.17. The van der Waals surface area contributed by atoms with Crippen LogP contribution >= 0.6 is 11.6 Å². The van der Waals surface area contributed by atoms with Gasteiger partial charge in [-0.2, -0.15) is 4.98 Å². The van der Waals surface area contributed by atoms with Gasteiger partial charge < -0.3 is 25.8 Å². The SMILES string of the molecule is NC(=O)c1cc(OC[C@H]2CCN2)c(OC[C@H]2CCN2)nc1Cl. The van der Waals surface area contributed by atoms with Gasteiger partial charge in [-0.3, -0.25) is 4.79 Å². The number of carbonyl (C=O) groups excluding carboxylic acids is 1. The van der Waals surface area contributed by atoms with Crippen LogP contribution in [0.4, 0.5) is 0 Å². The number of hydrogen-bond donors (Lipinski definition) is 3. The molecule has 120 valence electrons. The number of nitrogens with zero attached hydrogens (tertiary/aromatic N) is 1. The molecule has 2 aliphatic heterocycles. The van der Waals surface area contributed by atoms with Gasteiger partial charge in [-0.25, -0.2) is 0 Å². The number of halogens is 1. The molecular formula is C14H19ClN4O3. The van der Waals surface area contributed by atoms with Crippen molar-refractivity contribution < 1.29 is 14.3 Å². The summed E-state index contributed by atoms with van der Waals surface area (Å²) in [6, 6.07) is 2.13.